The van der Waals surface area contributed by atoms with E-state index in [-0.39, 0.29) is 11.1 Å². The molecule has 0 aromatic heterocycles. The molecule has 2 aromatic rings. The van der Waals surface area contributed by atoms with Crippen molar-refractivity contribution in [3.8, 4) is 5.75 Å². The SMILES string of the molecule is N[C@H]1CC(c2cccc(Cl)c2F)Oc2cc(F)ccc21. The molecule has 2 atom stereocenters. The number of halogens is 3. The van der Waals surface area contributed by atoms with Gasteiger partial charge >= 0.3 is 0 Å². The average Bonchev–Trinajstić information content (AvgIpc) is 2.41. The van der Waals surface area contributed by atoms with Crippen molar-refractivity contribution in [3.05, 3.63) is 64.2 Å². The molecule has 5 heteroatoms. The van der Waals surface area contributed by atoms with E-state index in [1.165, 1.54) is 18.2 Å². The summed E-state index contributed by atoms with van der Waals surface area (Å²) >= 11 is 5.77. The Morgan fingerprint density at radius 1 is 1.15 bits per heavy atom. The van der Waals surface area contributed by atoms with Gasteiger partial charge in [0, 0.05) is 29.7 Å². The quantitative estimate of drug-likeness (QED) is 0.858. The van der Waals surface area contributed by atoms with Crippen molar-refractivity contribution in [2.45, 2.75) is 18.6 Å². The lowest BCUT2D eigenvalue weighted by Gasteiger charge is -2.30. The van der Waals surface area contributed by atoms with Crippen molar-refractivity contribution >= 4 is 11.6 Å². The highest BCUT2D eigenvalue weighted by molar-refractivity contribution is 6.30. The van der Waals surface area contributed by atoms with Crippen LogP contribution in [0.2, 0.25) is 5.02 Å². The summed E-state index contributed by atoms with van der Waals surface area (Å²) in [6.07, 6.45) is -0.159. The van der Waals surface area contributed by atoms with Crippen molar-refractivity contribution in [3.63, 3.8) is 0 Å². The van der Waals surface area contributed by atoms with Crippen LogP contribution in [0.3, 0.4) is 0 Å². The minimum absolute atomic E-state index is 0.0321. The van der Waals surface area contributed by atoms with Crippen LogP contribution in [0, 0.1) is 11.6 Å². The third-order valence-corrected chi connectivity index (χ3v) is 3.73. The lowest BCUT2D eigenvalue weighted by Crippen LogP contribution is -2.24. The topological polar surface area (TPSA) is 35.2 Å². The fourth-order valence-corrected chi connectivity index (χ4v) is 2.62. The summed E-state index contributed by atoms with van der Waals surface area (Å²) in [5, 5.41) is 0.0321. The molecular formula is C15H12ClF2NO. The van der Waals surface area contributed by atoms with Crippen molar-refractivity contribution in [1.29, 1.82) is 0 Å². The third-order valence-electron chi connectivity index (χ3n) is 3.44. The molecule has 2 aromatic carbocycles. The van der Waals surface area contributed by atoms with Crippen molar-refractivity contribution in [1.82, 2.24) is 0 Å². The Morgan fingerprint density at radius 2 is 1.95 bits per heavy atom. The fourth-order valence-electron chi connectivity index (χ4n) is 2.44. The lowest BCUT2D eigenvalue weighted by atomic mass is 9.93. The second-order valence-electron chi connectivity index (χ2n) is 4.77. The molecular weight excluding hydrogens is 284 g/mol. The van der Waals surface area contributed by atoms with E-state index >= 15 is 0 Å². The second kappa shape index (κ2) is 5.04. The minimum atomic E-state index is -0.571. The van der Waals surface area contributed by atoms with Crippen LogP contribution >= 0.6 is 11.6 Å². The van der Waals surface area contributed by atoms with E-state index in [4.69, 9.17) is 22.1 Å². The molecule has 0 spiro atoms. The molecule has 1 aliphatic rings. The van der Waals surface area contributed by atoms with Crippen molar-refractivity contribution < 1.29 is 13.5 Å². The Hall–Kier alpha value is -1.65. The van der Waals surface area contributed by atoms with Gasteiger partial charge in [0.25, 0.3) is 0 Å². The molecule has 2 nitrogen and oxygen atoms in total. The van der Waals surface area contributed by atoms with Gasteiger partial charge in [-0.05, 0) is 12.1 Å². The van der Waals surface area contributed by atoms with E-state index in [0.717, 1.165) is 5.56 Å². The average molecular weight is 296 g/mol. The van der Waals surface area contributed by atoms with E-state index in [0.29, 0.717) is 17.7 Å². The molecule has 0 radical (unpaired) electrons. The Bertz CT molecular complexity index is 662. The fraction of sp³-hybridized carbons (Fsp3) is 0.200. The highest BCUT2D eigenvalue weighted by atomic mass is 35.5. The van der Waals surface area contributed by atoms with Gasteiger partial charge in [-0.15, -0.1) is 0 Å². The Morgan fingerprint density at radius 3 is 2.75 bits per heavy atom. The molecule has 20 heavy (non-hydrogen) atoms. The van der Waals surface area contributed by atoms with Crippen molar-refractivity contribution in [2.24, 2.45) is 5.73 Å². The summed E-state index contributed by atoms with van der Waals surface area (Å²) < 4.78 is 33.0. The summed E-state index contributed by atoms with van der Waals surface area (Å²) in [5.74, 6) is -0.581. The first-order valence-corrected chi connectivity index (χ1v) is 6.59. The van der Waals surface area contributed by atoms with E-state index in [1.54, 1.807) is 18.2 Å². The van der Waals surface area contributed by atoms with Gasteiger partial charge in [0.1, 0.15) is 23.5 Å². The molecule has 3 rings (SSSR count). The van der Waals surface area contributed by atoms with Crippen LogP contribution in [0.25, 0.3) is 0 Å². The summed E-state index contributed by atoms with van der Waals surface area (Å²) in [7, 11) is 0. The van der Waals surface area contributed by atoms with Gasteiger partial charge in [-0.1, -0.05) is 29.8 Å². The van der Waals surface area contributed by atoms with Crippen LogP contribution in [0.4, 0.5) is 8.78 Å². The number of rotatable bonds is 1. The van der Waals surface area contributed by atoms with E-state index in [9.17, 15) is 8.78 Å². The van der Waals surface area contributed by atoms with Crippen LogP contribution in [0.15, 0.2) is 36.4 Å². The van der Waals surface area contributed by atoms with Gasteiger partial charge < -0.3 is 10.5 Å². The van der Waals surface area contributed by atoms with Crippen LogP contribution in [-0.2, 0) is 0 Å². The molecule has 2 N–H and O–H groups in total. The van der Waals surface area contributed by atoms with Crippen LogP contribution in [-0.4, -0.2) is 0 Å². The highest BCUT2D eigenvalue weighted by Gasteiger charge is 2.29. The van der Waals surface area contributed by atoms with Gasteiger partial charge in [-0.2, -0.15) is 0 Å². The standard InChI is InChI=1S/C15H12ClF2NO/c16-11-3-1-2-10(15(11)18)14-7-12(19)9-5-4-8(17)6-13(9)20-14/h1-6,12,14H,7,19H2/t12-,14?/m0/s1. The predicted molar refractivity (Wildman–Crippen MR) is 72.7 cm³/mol. The molecule has 0 saturated carbocycles. The van der Waals surface area contributed by atoms with Crippen molar-refractivity contribution in [2.75, 3.05) is 0 Å². The van der Waals surface area contributed by atoms with Crippen LogP contribution < -0.4 is 10.5 Å². The summed E-state index contributed by atoms with van der Waals surface area (Å²) in [4.78, 5) is 0. The summed E-state index contributed by atoms with van der Waals surface area (Å²) in [6.45, 7) is 0. The third kappa shape index (κ3) is 2.25. The molecule has 1 unspecified atom stereocenters. The Labute approximate surface area is 120 Å². The van der Waals surface area contributed by atoms with Crippen LogP contribution in [0.5, 0.6) is 5.75 Å². The second-order valence-corrected chi connectivity index (χ2v) is 5.18. The first-order chi connectivity index (χ1) is 9.56. The van der Waals surface area contributed by atoms with Gasteiger partial charge in [0.05, 0.1) is 5.02 Å². The van der Waals surface area contributed by atoms with Gasteiger partial charge in [-0.3, -0.25) is 0 Å². The predicted octanol–water partition coefficient (Wildman–Crippen LogP) is 4.14. The van der Waals surface area contributed by atoms with Gasteiger partial charge in [0.2, 0.25) is 0 Å². The monoisotopic (exact) mass is 295 g/mol. The number of nitrogens with two attached hydrogens (primary N) is 1. The molecule has 0 bridgehead atoms. The largest absolute Gasteiger partial charge is 0.485 e. The molecule has 0 amide bonds. The maximum atomic E-state index is 14.0. The maximum absolute atomic E-state index is 14.0. The van der Waals surface area contributed by atoms with E-state index in [2.05, 4.69) is 0 Å². The zero-order chi connectivity index (χ0) is 14.3. The highest BCUT2D eigenvalue weighted by Crippen LogP contribution is 2.41. The van der Waals surface area contributed by atoms with Crippen LogP contribution in [0.1, 0.15) is 29.7 Å². The lowest BCUT2D eigenvalue weighted by molar-refractivity contribution is 0.156. The van der Waals surface area contributed by atoms with E-state index < -0.39 is 17.7 Å². The maximum Gasteiger partial charge on any atom is 0.148 e. The number of hydrogen-bond donors (Lipinski definition) is 1. The van der Waals surface area contributed by atoms with Gasteiger partial charge in [-0.25, -0.2) is 8.78 Å². The Kier molecular flexibility index (Phi) is 3.36. The number of hydrogen-bond acceptors (Lipinski definition) is 2. The summed E-state index contributed by atoms with van der Waals surface area (Å²) in [5.41, 5.74) is 7.12. The molecule has 104 valence electrons. The first kappa shape index (κ1) is 13.3. The molecule has 1 heterocycles. The summed E-state index contributed by atoms with van der Waals surface area (Å²) in [6, 6.07) is 8.59. The van der Waals surface area contributed by atoms with E-state index in [1.807, 2.05) is 0 Å². The first-order valence-electron chi connectivity index (χ1n) is 6.22. The normalized spacial score (nSPS) is 21.2. The molecule has 0 saturated heterocycles. The minimum Gasteiger partial charge on any atom is -0.485 e. The molecule has 0 fully saturated rings. The zero-order valence-electron chi connectivity index (χ0n) is 10.4. The smallest absolute Gasteiger partial charge is 0.148 e. The Balaban J connectivity index is 2.00. The number of fused-ring (bicyclic) bond motifs is 1. The zero-order valence-corrected chi connectivity index (χ0v) is 11.2. The molecule has 1 aliphatic heterocycles. The number of benzene rings is 2. The van der Waals surface area contributed by atoms with Gasteiger partial charge in [0.15, 0.2) is 0 Å². The number of ether oxygens (including phenoxy) is 1. The molecule has 0 aliphatic carbocycles.